The first-order chi connectivity index (χ1) is 12.5. The molecular weight excluding hydrogens is 346 g/mol. The Morgan fingerprint density at radius 3 is 2.56 bits per heavy atom. The molecular formula is C20H31N3O4. The molecule has 1 fully saturated rings. The SMILES string of the molecule is Cc1ccccc1N1CC(C)(C)N(C[C@H](N)[C@@H](O)C[C@@H](C)C(=O)O)CC1=O. The van der Waals surface area contributed by atoms with Gasteiger partial charge in [-0.25, -0.2) is 0 Å². The Morgan fingerprint density at radius 2 is 1.96 bits per heavy atom. The van der Waals surface area contributed by atoms with Crippen LogP contribution in [-0.4, -0.2) is 64.3 Å². The number of piperazine rings is 1. The molecule has 1 amide bonds. The molecule has 27 heavy (non-hydrogen) atoms. The second kappa shape index (κ2) is 8.37. The predicted octanol–water partition coefficient (Wildman–Crippen LogP) is 1.22. The van der Waals surface area contributed by atoms with E-state index in [1.165, 1.54) is 0 Å². The first-order valence-electron chi connectivity index (χ1n) is 9.30. The molecule has 150 valence electrons. The van der Waals surface area contributed by atoms with Crippen LogP contribution in [0, 0.1) is 12.8 Å². The molecule has 2 rings (SSSR count). The smallest absolute Gasteiger partial charge is 0.306 e. The van der Waals surface area contributed by atoms with Crippen LogP contribution in [0.2, 0.25) is 0 Å². The second-order valence-electron chi connectivity index (χ2n) is 8.17. The standard InChI is InChI=1S/C20H31N3O4/c1-13-7-5-6-8-16(13)23-12-20(3,4)22(11-18(23)25)10-15(21)17(24)9-14(2)19(26)27/h5-8,14-15,17,24H,9-12,21H2,1-4H3,(H,26,27)/t14-,15+,17+/m1/s1. The summed E-state index contributed by atoms with van der Waals surface area (Å²) in [4.78, 5) is 27.5. The summed E-state index contributed by atoms with van der Waals surface area (Å²) in [6, 6.07) is 7.18. The highest BCUT2D eigenvalue weighted by Crippen LogP contribution is 2.28. The molecule has 1 aliphatic rings. The normalized spacial score (nSPS) is 21.0. The summed E-state index contributed by atoms with van der Waals surface area (Å²) >= 11 is 0. The second-order valence-corrected chi connectivity index (χ2v) is 8.17. The first-order valence-corrected chi connectivity index (χ1v) is 9.30. The molecule has 3 atom stereocenters. The molecule has 1 saturated heterocycles. The third-order valence-electron chi connectivity index (χ3n) is 5.38. The monoisotopic (exact) mass is 377 g/mol. The lowest BCUT2D eigenvalue weighted by Crippen LogP contribution is -2.64. The van der Waals surface area contributed by atoms with Gasteiger partial charge in [0.15, 0.2) is 0 Å². The van der Waals surface area contributed by atoms with Crippen LogP contribution in [0.1, 0.15) is 32.8 Å². The van der Waals surface area contributed by atoms with Gasteiger partial charge in [0.1, 0.15) is 0 Å². The molecule has 0 aliphatic carbocycles. The van der Waals surface area contributed by atoms with E-state index in [1.54, 1.807) is 11.8 Å². The number of carbonyl (C=O) groups excluding carboxylic acids is 1. The topological polar surface area (TPSA) is 107 Å². The minimum absolute atomic E-state index is 0.00998. The number of aliphatic carboxylic acids is 1. The van der Waals surface area contributed by atoms with E-state index in [1.807, 2.05) is 49.9 Å². The quantitative estimate of drug-likeness (QED) is 0.660. The fourth-order valence-corrected chi connectivity index (χ4v) is 3.45. The van der Waals surface area contributed by atoms with Gasteiger partial charge in [0.05, 0.1) is 18.6 Å². The molecule has 0 radical (unpaired) electrons. The van der Waals surface area contributed by atoms with Crippen LogP contribution in [0.3, 0.4) is 0 Å². The van der Waals surface area contributed by atoms with Gasteiger partial charge in [0.25, 0.3) is 0 Å². The average Bonchev–Trinajstić information content (AvgIpc) is 2.58. The van der Waals surface area contributed by atoms with Crippen LogP contribution in [0.4, 0.5) is 5.69 Å². The third kappa shape index (κ3) is 5.06. The molecule has 7 heteroatoms. The molecule has 4 N–H and O–H groups in total. The lowest BCUT2D eigenvalue weighted by atomic mass is 9.94. The van der Waals surface area contributed by atoms with Crippen molar-refractivity contribution in [3.63, 3.8) is 0 Å². The van der Waals surface area contributed by atoms with Crippen molar-refractivity contribution in [2.24, 2.45) is 11.7 Å². The highest BCUT2D eigenvalue weighted by Gasteiger charge is 2.40. The number of para-hydroxylation sites is 1. The molecule has 7 nitrogen and oxygen atoms in total. The zero-order chi connectivity index (χ0) is 20.4. The average molecular weight is 377 g/mol. The van der Waals surface area contributed by atoms with E-state index in [4.69, 9.17) is 10.8 Å². The maximum Gasteiger partial charge on any atom is 0.306 e. The van der Waals surface area contributed by atoms with E-state index in [9.17, 15) is 14.7 Å². The van der Waals surface area contributed by atoms with Crippen LogP contribution in [0.15, 0.2) is 24.3 Å². The summed E-state index contributed by atoms with van der Waals surface area (Å²) in [6.07, 6.45) is -0.843. The predicted molar refractivity (Wildman–Crippen MR) is 105 cm³/mol. The van der Waals surface area contributed by atoms with Gasteiger partial charge in [-0.2, -0.15) is 0 Å². The lowest BCUT2D eigenvalue weighted by molar-refractivity contribution is -0.142. The van der Waals surface area contributed by atoms with Crippen LogP contribution >= 0.6 is 0 Å². The Balaban J connectivity index is 2.07. The highest BCUT2D eigenvalue weighted by molar-refractivity contribution is 5.96. The van der Waals surface area contributed by atoms with Crippen LogP contribution in [-0.2, 0) is 9.59 Å². The maximum atomic E-state index is 12.8. The Kier molecular flexibility index (Phi) is 6.62. The summed E-state index contributed by atoms with van der Waals surface area (Å²) in [7, 11) is 0. The van der Waals surface area contributed by atoms with Crippen LogP contribution < -0.4 is 10.6 Å². The number of hydrogen-bond donors (Lipinski definition) is 3. The first kappa shape index (κ1) is 21.3. The molecule has 0 unspecified atom stereocenters. The number of aryl methyl sites for hydroxylation is 1. The van der Waals surface area contributed by atoms with E-state index >= 15 is 0 Å². The van der Waals surface area contributed by atoms with Crippen LogP contribution in [0.25, 0.3) is 0 Å². The van der Waals surface area contributed by atoms with E-state index < -0.39 is 24.0 Å². The number of benzene rings is 1. The van der Waals surface area contributed by atoms with E-state index in [2.05, 4.69) is 0 Å². The van der Waals surface area contributed by atoms with Gasteiger partial charge in [-0.05, 0) is 38.8 Å². The largest absolute Gasteiger partial charge is 0.481 e. The van der Waals surface area contributed by atoms with E-state index in [-0.39, 0.29) is 24.4 Å². The number of carbonyl (C=O) groups is 2. The minimum Gasteiger partial charge on any atom is -0.481 e. The summed E-state index contributed by atoms with van der Waals surface area (Å²) in [5.74, 6) is -1.63. The number of aliphatic hydroxyl groups excluding tert-OH is 1. The van der Waals surface area contributed by atoms with E-state index in [0.29, 0.717) is 13.1 Å². The molecule has 0 bridgehead atoms. The van der Waals surface area contributed by atoms with Crippen molar-refractivity contribution in [3.8, 4) is 0 Å². The van der Waals surface area contributed by atoms with E-state index in [0.717, 1.165) is 11.3 Å². The lowest BCUT2D eigenvalue weighted by Gasteiger charge is -2.48. The van der Waals surface area contributed by atoms with Crippen molar-refractivity contribution in [1.82, 2.24) is 4.90 Å². The Labute approximate surface area is 160 Å². The van der Waals surface area contributed by atoms with Gasteiger partial charge in [0.2, 0.25) is 5.91 Å². The number of amides is 1. The number of anilines is 1. The van der Waals surface area contributed by atoms with Gasteiger partial charge >= 0.3 is 5.97 Å². The Bertz CT molecular complexity index is 692. The molecule has 0 aromatic heterocycles. The summed E-state index contributed by atoms with van der Waals surface area (Å²) < 4.78 is 0. The zero-order valence-electron chi connectivity index (χ0n) is 16.6. The summed E-state index contributed by atoms with van der Waals surface area (Å²) in [5, 5.41) is 19.3. The number of aliphatic hydroxyl groups is 1. The molecule has 1 heterocycles. The number of nitrogens with zero attached hydrogens (tertiary/aromatic N) is 2. The van der Waals surface area contributed by atoms with Gasteiger partial charge in [-0.3, -0.25) is 14.5 Å². The minimum atomic E-state index is -0.955. The number of rotatable bonds is 7. The molecule has 1 aromatic rings. The third-order valence-corrected chi connectivity index (χ3v) is 5.38. The Morgan fingerprint density at radius 1 is 1.33 bits per heavy atom. The fourth-order valence-electron chi connectivity index (χ4n) is 3.45. The molecule has 0 saturated carbocycles. The van der Waals surface area contributed by atoms with Crippen molar-refractivity contribution < 1.29 is 19.8 Å². The zero-order valence-corrected chi connectivity index (χ0v) is 16.6. The number of hydrogen-bond acceptors (Lipinski definition) is 5. The number of carboxylic acid groups (broad SMARTS) is 1. The molecule has 1 aromatic carbocycles. The van der Waals surface area contributed by atoms with Crippen molar-refractivity contribution in [1.29, 1.82) is 0 Å². The number of nitrogens with two attached hydrogens (primary N) is 1. The van der Waals surface area contributed by atoms with Gasteiger partial charge in [-0.1, -0.05) is 25.1 Å². The molecule has 1 aliphatic heterocycles. The van der Waals surface area contributed by atoms with Gasteiger partial charge in [-0.15, -0.1) is 0 Å². The molecule has 0 spiro atoms. The van der Waals surface area contributed by atoms with Crippen molar-refractivity contribution >= 4 is 17.6 Å². The van der Waals surface area contributed by atoms with Crippen molar-refractivity contribution in [2.75, 3.05) is 24.5 Å². The fraction of sp³-hybridized carbons (Fsp3) is 0.600. The summed E-state index contributed by atoms with van der Waals surface area (Å²) in [6.45, 7) is 8.67. The van der Waals surface area contributed by atoms with Crippen molar-refractivity contribution in [3.05, 3.63) is 29.8 Å². The maximum absolute atomic E-state index is 12.8. The van der Waals surface area contributed by atoms with Crippen LogP contribution in [0.5, 0.6) is 0 Å². The number of carboxylic acids is 1. The Hall–Kier alpha value is -1.96. The van der Waals surface area contributed by atoms with Gasteiger partial charge < -0.3 is 20.8 Å². The highest BCUT2D eigenvalue weighted by atomic mass is 16.4. The summed E-state index contributed by atoms with van der Waals surface area (Å²) in [5.41, 5.74) is 7.75. The van der Waals surface area contributed by atoms with Gasteiger partial charge in [0, 0.05) is 30.4 Å². The van der Waals surface area contributed by atoms with Crippen molar-refractivity contribution in [2.45, 2.75) is 51.8 Å².